The fraction of sp³-hybridized carbons (Fsp3) is 0.855. The van der Waals surface area contributed by atoms with E-state index in [9.17, 15) is 19.8 Å². The fourth-order valence-electron chi connectivity index (χ4n) is 8.21. The highest BCUT2D eigenvalue weighted by Crippen LogP contribution is 2.18. The summed E-state index contributed by atoms with van der Waals surface area (Å²) >= 11 is 0. The zero-order valence-corrected chi connectivity index (χ0v) is 40.8. The molecule has 0 aliphatic heterocycles. The van der Waals surface area contributed by atoms with E-state index < -0.39 is 18.2 Å². The molecular formula is C55H103NO5. The number of rotatable bonds is 48. The molecule has 0 aromatic heterocycles. The molecule has 3 unspecified atom stereocenters. The Kier molecular flexibility index (Phi) is 47.6. The van der Waals surface area contributed by atoms with E-state index in [4.69, 9.17) is 4.74 Å². The molecule has 1 amide bonds. The van der Waals surface area contributed by atoms with Gasteiger partial charge in [-0.25, -0.2) is 0 Å². The SMILES string of the molecule is CC/C=C/C/C=C/C/C=C/CCCCCCC(=O)OC(CCCCCCCCCCCCCC)CC(=O)NC(CO)C(O)CCCCCCCCCCCCCCCCCC. The quantitative estimate of drug-likeness (QED) is 0.0322. The second kappa shape index (κ2) is 49.1. The third kappa shape index (κ3) is 44.5. The van der Waals surface area contributed by atoms with Gasteiger partial charge in [0.2, 0.25) is 5.91 Å². The van der Waals surface area contributed by atoms with Crippen LogP contribution in [0.25, 0.3) is 0 Å². The minimum atomic E-state index is -0.789. The normalized spacial score (nSPS) is 13.5. The molecule has 6 nitrogen and oxygen atoms in total. The molecule has 0 aromatic carbocycles. The standard InChI is InChI=1S/C55H103NO5/c1-4-7-10-13-16-19-22-25-27-28-29-32-35-38-41-44-47-53(58)52(50-57)56-54(59)49-51(46-43-40-37-34-31-24-21-18-15-12-9-6-3)61-55(60)48-45-42-39-36-33-30-26-23-20-17-14-11-8-5-2/h8,11,17,20,26,30,51-53,57-58H,4-7,9-10,12-16,18-19,21-25,27-29,31-50H2,1-3H3,(H,56,59)/b11-8+,20-17+,30-26+. The average Bonchev–Trinajstić information content (AvgIpc) is 3.25. The van der Waals surface area contributed by atoms with Crippen molar-refractivity contribution in [2.24, 2.45) is 0 Å². The van der Waals surface area contributed by atoms with Gasteiger partial charge in [-0.15, -0.1) is 0 Å². The number of aliphatic hydroxyl groups excluding tert-OH is 2. The van der Waals surface area contributed by atoms with Gasteiger partial charge >= 0.3 is 5.97 Å². The maximum absolute atomic E-state index is 13.2. The van der Waals surface area contributed by atoms with Crippen LogP contribution in [0.1, 0.15) is 278 Å². The second-order valence-corrected chi connectivity index (χ2v) is 18.3. The zero-order valence-electron chi connectivity index (χ0n) is 40.8. The molecule has 0 aliphatic carbocycles. The van der Waals surface area contributed by atoms with Crippen LogP contribution in [0.4, 0.5) is 0 Å². The summed E-state index contributed by atoms with van der Waals surface area (Å²) in [6.07, 6.45) is 57.8. The molecule has 0 saturated carbocycles. The van der Waals surface area contributed by atoms with Gasteiger partial charge in [0.05, 0.1) is 25.2 Å². The van der Waals surface area contributed by atoms with E-state index in [-0.39, 0.29) is 24.9 Å². The molecule has 0 aromatic rings. The number of ether oxygens (including phenoxy) is 1. The summed E-state index contributed by atoms with van der Waals surface area (Å²) < 4.78 is 5.93. The van der Waals surface area contributed by atoms with Crippen LogP contribution >= 0.6 is 0 Å². The topological polar surface area (TPSA) is 95.9 Å². The van der Waals surface area contributed by atoms with Gasteiger partial charge in [-0.1, -0.05) is 243 Å². The van der Waals surface area contributed by atoms with Crippen LogP contribution in [0, 0.1) is 0 Å². The van der Waals surface area contributed by atoms with E-state index in [1.54, 1.807) is 0 Å². The molecule has 358 valence electrons. The third-order valence-corrected chi connectivity index (χ3v) is 12.2. The number of nitrogens with one attached hydrogen (secondary N) is 1. The Hall–Kier alpha value is -1.92. The van der Waals surface area contributed by atoms with Crippen LogP contribution in [0.5, 0.6) is 0 Å². The van der Waals surface area contributed by atoms with Crippen molar-refractivity contribution in [1.82, 2.24) is 5.32 Å². The Morgan fingerprint density at radius 2 is 0.885 bits per heavy atom. The molecule has 0 fully saturated rings. The number of amides is 1. The van der Waals surface area contributed by atoms with Gasteiger partial charge in [-0.05, 0) is 57.8 Å². The Balaban J connectivity index is 4.52. The van der Waals surface area contributed by atoms with Crippen LogP contribution in [0.2, 0.25) is 0 Å². The number of aliphatic hydroxyl groups is 2. The summed E-state index contributed by atoms with van der Waals surface area (Å²) in [5.41, 5.74) is 0. The van der Waals surface area contributed by atoms with Crippen LogP contribution < -0.4 is 5.32 Å². The summed E-state index contributed by atoms with van der Waals surface area (Å²) in [7, 11) is 0. The lowest BCUT2D eigenvalue weighted by Crippen LogP contribution is -2.46. The lowest BCUT2D eigenvalue weighted by atomic mass is 10.0. The second-order valence-electron chi connectivity index (χ2n) is 18.3. The van der Waals surface area contributed by atoms with Crippen LogP contribution in [0.15, 0.2) is 36.5 Å². The number of carbonyl (C=O) groups excluding carboxylic acids is 2. The number of carbonyl (C=O) groups is 2. The minimum absolute atomic E-state index is 0.0724. The lowest BCUT2D eigenvalue weighted by molar-refractivity contribution is -0.151. The van der Waals surface area contributed by atoms with E-state index in [1.807, 2.05) is 0 Å². The predicted molar refractivity (Wildman–Crippen MR) is 264 cm³/mol. The molecule has 0 rings (SSSR count). The first-order valence-corrected chi connectivity index (χ1v) is 26.7. The highest BCUT2D eigenvalue weighted by atomic mass is 16.5. The highest BCUT2D eigenvalue weighted by Gasteiger charge is 2.24. The molecule has 0 spiro atoms. The molecule has 0 saturated heterocycles. The number of unbranched alkanes of at least 4 members (excludes halogenated alkanes) is 30. The van der Waals surface area contributed by atoms with Gasteiger partial charge in [0.15, 0.2) is 0 Å². The van der Waals surface area contributed by atoms with E-state index >= 15 is 0 Å². The first kappa shape index (κ1) is 59.1. The Labute approximate surface area is 379 Å². The molecule has 61 heavy (non-hydrogen) atoms. The number of allylic oxidation sites excluding steroid dienone is 6. The van der Waals surface area contributed by atoms with Crippen molar-refractivity contribution in [3.63, 3.8) is 0 Å². The van der Waals surface area contributed by atoms with Crippen molar-refractivity contribution in [3.05, 3.63) is 36.5 Å². The molecular weight excluding hydrogens is 755 g/mol. The summed E-state index contributed by atoms with van der Waals surface area (Å²) in [6, 6.07) is -0.703. The predicted octanol–water partition coefficient (Wildman–Crippen LogP) is 16.1. The largest absolute Gasteiger partial charge is 0.462 e. The molecule has 0 radical (unpaired) electrons. The molecule has 0 heterocycles. The first-order valence-electron chi connectivity index (χ1n) is 26.7. The van der Waals surface area contributed by atoms with Gasteiger partial charge in [-0.3, -0.25) is 9.59 Å². The smallest absolute Gasteiger partial charge is 0.306 e. The number of hydrogen-bond donors (Lipinski definition) is 3. The van der Waals surface area contributed by atoms with Gasteiger partial charge < -0.3 is 20.3 Å². The average molecular weight is 858 g/mol. The maximum Gasteiger partial charge on any atom is 0.306 e. The van der Waals surface area contributed by atoms with Crippen molar-refractivity contribution >= 4 is 11.9 Å². The zero-order chi connectivity index (χ0) is 44.5. The number of esters is 1. The summed E-state index contributed by atoms with van der Waals surface area (Å²) in [6.45, 7) is 6.39. The van der Waals surface area contributed by atoms with Crippen molar-refractivity contribution in [2.45, 2.75) is 296 Å². The van der Waals surface area contributed by atoms with E-state index in [0.29, 0.717) is 19.3 Å². The number of hydrogen-bond acceptors (Lipinski definition) is 5. The Bertz CT molecular complexity index is 1010. The monoisotopic (exact) mass is 858 g/mol. The van der Waals surface area contributed by atoms with Crippen LogP contribution in [-0.4, -0.2) is 46.9 Å². The summed E-state index contributed by atoms with van der Waals surface area (Å²) in [5.74, 6) is -0.488. The van der Waals surface area contributed by atoms with Crippen LogP contribution in [-0.2, 0) is 14.3 Å². The van der Waals surface area contributed by atoms with Crippen molar-refractivity contribution in [1.29, 1.82) is 0 Å². The fourth-order valence-corrected chi connectivity index (χ4v) is 8.21. The van der Waals surface area contributed by atoms with E-state index in [1.165, 1.54) is 154 Å². The van der Waals surface area contributed by atoms with E-state index in [2.05, 4.69) is 62.5 Å². The van der Waals surface area contributed by atoms with Crippen molar-refractivity contribution in [3.8, 4) is 0 Å². The minimum Gasteiger partial charge on any atom is -0.462 e. The van der Waals surface area contributed by atoms with Crippen LogP contribution in [0.3, 0.4) is 0 Å². The van der Waals surface area contributed by atoms with Gasteiger partial charge in [0.1, 0.15) is 6.10 Å². The first-order chi connectivity index (χ1) is 30.0. The molecule has 0 bridgehead atoms. The summed E-state index contributed by atoms with van der Waals surface area (Å²) in [4.78, 5) is 26.1. The molecule has 0 aliphatic rings. The molecule has 6 heteroatoms. The van der Waals surface area contributed by atoms with E-state index in [0.717, 1.165) is 77.0 Å². The lowest BCUT2D eigenvalue weighted by Gasteiger charge is -2.24. The van der Waals surface area contributed by atoms with Gasteiger partial charge in [0.25, 0.3) is 0 Å². The molecule has 3 N–H and O–H groups in total. The third-order valence-electron chi connectivity index (χ3n) is 12.2. The Morgan fingerprint density at radius 1 is 0.492 bits per heavy atom. The summed E-state index contributed by atoms with van der Waals surface area (Å²) in [5, 5.41) is 23.8. The molecule has 3 atom stereocenters. The van der Waals surface area contributed by atoms with Crippen molar-refractivity contribution < 1.29 is 24.5 Å². The van der Waals surface area contributed by atoms with Crippen molar-refractivity contribution in [2.75, 3.05) is 6.61 Å². The highest BCUT2D eigenvalue weighted by molar-refractivity contribution is 5.77. The van der Waals surface area contributed by atoms with Gasteiger partial charge in [-0.2, -0.15) is 0 Å². The van der Waals surface area contributed by atoms with Gasteiger partial charge in [0, 0.05) is 6.42 Å². The Morgan fingerprint density at radius 3 is 1.34 bits per heavy atom. The maximum atomic E-state index is 13.2.